The van der Waals surface area contributed by atoms with Gasteiger partial charge in [-0.15, -0.1) is 0 Å². The lowest BCUT2D eigenvalue weighted by Gasteiger charge is -2.11. The van der Waals surface area contributed by atoms with Crippen molar-refractivity contribution >= 4 is 23.2 Å². The molecule has 0 saturated heterocycles. The van der Waals surface area contributed by atoms with E-state index in [1.807, 2.05) is 13.8 Å². The number of ether oxygens (including phenoxy) is 1. The average molecular weight is 373 g/mol. The maximum absolute atomic E-state index is 12.5. The van der Waals surface area contributed by atoms with Crippen LogP contribution in [0.25, 0.3) is 0 Å². The van der Waals surface area contributed by atoms with Crippen LogP contribution in [0, 0.1) is 11.3 Å². The highest BCUT2D eigenvalue weighted by atomic mass is 16.5. The van der Waals surface area contributed by atoms with E-state index in [0.717, 1.165) is 5.75 Å². The van der Waals surface area contributed by atoms with Crippen LogP contribution in [0.4, 0.5) is 17.3 Å². The van der Waals surface area contributed by atoms with Crippen LogP contribution in [0.15, 0.2) is 60.8 Å². The molecule has 0 atom stereocenters. The first-order chi connectivity index (χ1) is 13.5. The fraction of sp³-hybridized carbons (Fsp3) is 0.143. The van der Waals surface area contributed by atoms with Gasteiger partial charge < -0.3 is 15.4 Å². The Bertz CT molecular complexity index is 1010. The predicted octanol–water partition coefficient (Wildman–Crippen LogP) is 4.13. The van der Waals surface area contributed by atoms with Gasteiger partial charge in [0.1, 0.15) is 17.5 Å². The van der Waals surface area contributed by atoms with E-state index in [4.69, 9.17) is 10.00 Å². The van der Waals surface area contributed by atoms with Crippen LogP contribution in [0.2, 0.25) is 0 Å². The fourth-order valence-electron chi connectivity index (χ4n) is 2.44. The smallest absolute Gasteiger partial charge is 0.274 e. The maximum Gasteiger partial charge on any atom is 0.274 e. The molecule has 1 amide bonds. The summed E-state index contributed by atoms with van der Waals surface area (Å²) in [5.74, 6) is 0.602. The van der Waals surface area contributed by atoms with Crippen molar-refractivity contribution in [1.82, 2.24) is 9.97 Å². The van der Waals surface area contributed by atoms with Gasteiger partial charge in [0.05, 0.1) is 17.4 Å². The van der Waals surface area contributed by atoms with Crippen LogP contribution in [0.1, 0.15) is 29.9 Å². The number of hydrogen-bond donors (Lipinski definition) is 2. The molecule has 7 nitrogen and oxygen atoms in total. The fourth-order valence-corrected chi connectivity index (χ4v) is 2.44. The first-order valence-electron chi connectivity index (χ1n) is 8.72. The number of amides is 1. The molecule has 1 heterocycles. The van der Waals surface area contributed by atoms with Crippen LogP contribution in [0.5, 0.6) is 5.75 Å². The summed E-state index contributed by atoms with van der Waals surface area (Å²) >= 11 is 0. The van der Waals surface area contributed by atoms with Gasteiger partial charge >= 0.3 is 0 Å². The molecule has 0 saturated carbocycles. The monoisotopic (exact) mass is 373 g/mol. The molecular weight excluding hydrogens is 354 g/mol. The molecule has 3 aromatic rings. The first kappa shape index (κ1) is 18.9. The Hall–Kier alpha value is -3.92. The quantitative estimate of drug-likeness (QED) is 0.674. The molecule has 28 heavy (non-hydrogen) atoms. The predicted molar refractivity (Wildman–Crippen MR) is 107 cm³/mol. The van der Waals surface area contributed by atoms with E-state index in [9.17, 15) is 4.79 Å². The summed E-state index contributed by atoms with van der Waals surface area (Å²) in [5.41, 5.74) is 1.87. The average Bonchev–Trinajstić information content (AvgIpc) is 2.70. The van der Waals surface area contributed by atoms with Gasteiger partial charge in [-0.1, -0.05) is 12.1 Å². The molecule has 0 unspecified atom stereocenters. The number of rotatable bonds is 6. The Morgan fingerprint density at radius 3 is 2.57 bits per heavy atom. The lowest BCUT2D eigenvalue weighted by molar-refractivity contribution is 0.102. The minimum absolute atomic E-state index is 0.0820. The summed E-state index contributed by atoms with van der Waals surface area (Å²) in [5, 5.41) is 14.9. The number of carbonyl (C=O) groups excluding carboxylic acids is 1. The highest BCUT2D eigenvalue weighted by Gasteiger charge is 2.11. The van der Waals surface area contributed by atoms with E-state index >= 15 is 0 Å². The number of aromatic nitrogens is 2. The standard InChI is InChI=1S/C21H19N5O2/c1-14(2)28-17-9-7-16(8-10-17)24-20(27)19-11-12-23-21(26-19)25-18-6-4-3-5-15(18)13-22/h3-12,14H,1-2H3,(H,24,27)(H,23,25,26). The van der Waals surface area contributed by atoms with Crippen molar-refractivity contribution in [2.45, 2.75) is 20.0 Å². The summed E-state index contributed by atoms with van der Waals surface area (Å²) in [7, 11) is 0. The van der Waals surface area contributed by atoms with Gasteiger partial charge in [0.25, 0.3) is 5.91 Å². The molecule has 0 spiro atoms. The number of nitrogens with one attached hydrogen (secondary N) is 2. The zero-order valence-corrected chi connectivity index (χ0v) is 15.5. The van der Waals surface area contributed by atoms with Gasteiger partial charge in [0.15, 0.2) is 0 Å². The molecule has 1 aromatic heterocycles. The Morgan fingerprint density at radius 1 is 1.11 bits per heavy atom. The second kappa shape index (κ2) is 8.64. The molecule has 140 valence electrons. The maximum atomic E-state index is 12.5. The molecule has 0 aliphatic heterocycles. The zero-order chi connectivity index (χ0) is 19.9. The molecule has 2 aromatic carbocycles. The van der Waals surface area contributed by atoms with Crippen molar-refractivity contribution in [2.75, 3.05) is 10.6 Å². The van der Waals surface area contributed by atoms with Crippen molar-refractivity contribution in [3.63, 3.8) is 0 Å². The van der Waals surface area contributed by atoms with Crippen LogP contribution < -0.4 is 15.4 Å². The molecule has 0 aliphatic rings. The first-order valence-corrected chi connectivity index (χ1v) is 8.72. The van der Waals surface area contributed by atoms with Gasteiger partial charge in [-0.05, 0) is 56.3 Å². The summed E-state index contributed by atoms with van der Waals surface area (Å²) < 4.78 is 5.59. The molecular formula is C21H19N5O2. The van der Waals surface area contributed by atoms with Crippen molar-refractivity contribution in [1.29, 1.82) is 5.26 Å². The highest BCUT2D eigenvalue weighted by Crippen LogP contribution is 2.19. The molecule has 0 fully saturated rings. The van der Waals surface area contributed by atoms with Gasteiger partial charge in [-0.3, -0.25) is 4.79 Å². The van der Waals surface area contributed by atoms with E-state index in [0.29, 0.717) is 16.9 Å². The third kappa shape index (κ3) is 4.83. The summed E-state index contributed by atoms with van der Waals surface area (Å²) in [6.45, 7) is 3.90. The minimum atomic E-state index is -0.364. The minimum Gasteiger partial charge on any atom is -0.491 e. The Morgan fingerprint density at radius 2 is 1.86 bits per heavy atom. The highest BCUT2D eigenvalue weighted by molar-refractivity contribution is 6.03. The van der Waals surface area contributed by atoms with E-state index in [-0.39, 0.29) is 23.7 Å². The van der Waals surface area contributed by atoms with Crippen molar-refractivity contribution in [2.24, 2.45) is 0 Å². The largest absolute Gasteiger partial charge is 0.491 e. The van der Waals surface area contributed by atoms with Gasteiger partial charge in [0, 0.05) is 11.9 Å². The summed E-state index contributed by atoms with van der Waals surface area (Å²) in [6.07, 6.45) is 1.57. The molecule has 0 aliphatic carbocycles. The number of carbonyl (C=O) groups is 1. The van der Waals surface area contributed by atoms with E-state index in [2.05, 4.69) is 26.7 Å². The summed E-state index contributed by atoms with van der Waals surface area (Å²) in [6, 6.07) is 17.7. The van der Waals surface area contributed by atoms with Gasteiger partial charge in [-0.25, -0.2) is 9.97 Å². The lowest BCUT2D eigenvalue weighted by Crippen LogP contribution is -2.15. The second-order valence-electron chi connectivity index (χ2n) is 6.19. The number of hydrogen-bond acceptors (Lipinski definition) is 6. The van der Waals surface area contributed by atoms with E-state index in [1.165, 1.54) is 12.3 Å². The number of benzene rings is 2. The van der Waals surface area contributed by atoms with Gasteiger partial charge in [0.2, 0.25) is 5.95 Å². The Kier molecular flexibility index (Phi) is 5.82. The molecule has 2 N–H and O–H groups in total. The number of para-hydroxylation sites is 1. The number of nitriles is 1. The summed E-state index contributed by atoms with van der Waals surface area (Å²) in [4.78, 5) is 20.8. The third-order valence-electron chi connectivity index (χ3n) is 3.67. The SMILES string of the molecule is CC(C)Oc1ccc(NC(=O)c2ccnc(Nc3ccccc3C#N)n2)cc1. The van der Waals surface area contributed by atoms with Gasteiger partial charge in [-0.2, -0.15) is 5.26 Å². The van der Waals surface area contributed by atoms with E-state index < -0.39 is 0 Å². The van der Waals surface area contributed by atoms with Crippen LogP contribution >= 0.6 is 0 Å². The number of nitrogens with zero attached hydrogens (tertiary/aromatic N) is 3. The van der Waals surface area contributed by atoms with E-state index in [1.54, 1.807) is 48.5 Å². The van der Waals surface area contributed by atoms with Crippen LogP contribution in [-0.2, 0) is 0 Å². The van der Waals surface area contributed by atoms with Crippen molar-refractivity contribution in [3.8, 4) is 11.8 Å². The Balaban J connectivity index is 1.71. The molecule has 0 bridgehead atoms. The molecule has 7 heteroatoms. The van der Waals surface area contributed by atoms with Crippen LogP contribution in [0.3, 0.4) is 0 Å². The lowest BCUT2D eigenvalue weighted by atomic mass is 10.2. The normalized spacial score (nSPS) is 10.2. The van der Waals surface area contributed by atoms with Crippen molar-refractivity contribution < 1.29 is 9.53 Å². The zero-order valence-electron chi connectivity index (χ0n) is 15.5. The molecule has 3 rings (SSSR count). The third-order valence-corrected chi connectivity index (χ3v) is 3.67. The van der Waals surface area contributed by atoms with Crippen molar-refractivity contribution in [3.05, 3.63) is 72.1 Å². The second-order valence-corrected chi connectivity index (χ2v) is 6.19. The topological polar surface area (TPSA) is 99.9 Å². The molecule has 0 radical (unpaired) electrons. The van der Waals surface area contributed by atoms with Crippen LogP contribution in [-0.4, -0.2) is 22.0 Å². The Labute approximate surface area is 163 Å². The number of anilines is 3.